The van der Waals surface area contributed by atoms with Crippen LogP contribution in [0.1, 0.15) is 5.56 Å². The fourth-order valence-corrected chi connectivity index (χ4v) is 1.29. The van der Waals surface area contributed by atoms with Crippen molar-refractivity contribution < 1.29 is 31.4 Å². The molecule has 0 aliphatic heterocycles. The summed E-state index contributed by atoms with van der Waals surface area (Å²) in [6.45, 7) is -2.25. The summed E-state index contributed by atoms with van der Waals surface area (Å²) in [7, 11) is 0. The molecular formula is C10H8F6O. The van der Waals surface area contributed by atoms with Crippen LogP contribution in [0.2, 0.25) is 0 Å². The summed E-state index contributed by atoms with van der Waals surface area (Å²) in [6.07, 6.45) is -6.04. The Bertz CT molecular complexity index is 374. The van der Waals surface area contributed by atoms with Crippen molar-refractivity contribution in [3.8, 4) is 0 Å². The molecular weight excluding hydrogens is 250 g/mol. The number of rotatable bonds is 3. The quantitative estimate of drug-likeness (QED) is 0.826. The third-order valence-corrected chi connectivity index (χ3v) is 2.32. The van der Waals surface area contributed by atoms with Gasteiger partial charge in [0.2, 0.25) is 0 Å². The van der Waals surface area contributed by atoms with Crippen molar-refractivity contribution in [2.24, 2.45) is 0 Å². The fourth-order valence-electron chi connectivity index (χ4n) is 1.29. The Hall–Kier alpha value is -1.24. The van der Waals surface area contributed by atoms with Gasteiger partial charge in [-0.25, -0.2) is 4.39 Å². The molecule has 0 heterocycles. The minimum absolute atomic E-state index is 0.805. The number of benzene rings is 1. The smallest absolute Gasteiger partial charge is 0.376 e. The largest absolute Gasteiger partial charge is 0.456 e. The van der Waals surface area contributed by atoms with Crippen LogP contribution in [0.15, 0.2) is 30.3 Å². The van der Waals surface area contributed by atoms with Crippen LogP contribution in [0.5, 0.6) is 0 Å². The third-order valence-electron chi connectivity index (χ3n) is 2.32. The number of hydrogen-bond acceptors (Lipinski definition) is 1. The second-order valence-electron chi connectivity index (χ2n) is 3.43. The van der Waals surface area contributed by atoms with E-state index in [2.05, 4.69) is 0 Å². The number of hydrogen-bond donors (Lipinski definition) is 1. The van der Waals surface area contributed by atoms with Crippen LogP contribution < -0.4 is 0 Å². The van der Waals surface area contributed by atoms with E-state index in [1.54, 1.807) is 0 Å². The standard InChI is InChI=1S/C10H8F6O/c11-6-8(17,7-4-2-1-3-5-7)9(12,13)10(14,15)16/h1-5,17H,6H2. The first-order valence-electron chi connectivity index (χ1n) is 4.45. The van der Waals surface area contributed by atoms with Gasteiger partial charge in [0.05, 0.1) is 0 Å². The van der Waals surface area contributed by atoms with Crippen LogP contribution >= 0.6 is 0 Å². The fraction of sp³-hybridized carbons (Fsp3) is 0.400. The van der Waals surface area contributed by atoms with Gasteiger partial charge >= 0.3 is 12.1 Å². The van der Waals surface area contributed by atoms with Crippen LogP contribution in [-0.4, -0.2) is 23.9 Å². The molecule has 0 aromatic heterocycles. The molecule has 0 aliphatic carbocycles. The molecule has 1 rings (SSSR count). The summed E-state index contributed by atoms with van der Waals surface area (Å²) in [4.78, 5) is 0. The molecule has 0 aliphatic rings. The van der Waals surface area contributed by atoms with E-state index in [-0.39, 0.29) is 0 Å². The zero-order valence-electron chi connectivity index (χ0n) is 8.31. The maximum atomic E-state index is 13.1. The van der Waals surface area contributed by atoms with Crippen molar-refractivity contribution >= 4 is 0 Å². The second-order valence-corrected chi connectivity index (χ2v) is 3.43. The molecule has 1 atom stereocenters. The minimum atomic E-state index is -6.04. The highest BCUT2D eigenvalue weighted by Gasteiger charge is 2.70. The maximum absolute atomic E-state index is 13.1. The summed E-state index contributed by atoms with van der Waals surface area (Å²) >= 11 is 0. The molecule has 0 bridgehead atoms. The molecule has 0 radical (unpaired) electrons. The van der Waals surface area contributed by atoms with Crippen LogP contribution in [-0.2, 0) is 5.60 Å². The number of aliphatic hydroxyl groups is 1. The first kappa shape index (κ1) is 13.8. The monoisotopic (exact) mass is 258 g/mol. The minimum Gasteiger partial charge on any atom is -0.376 e. The van der Waals surface area contributed by atoms with Crippen molar-refractivity contribution in [2.45, 2.75) is 17.7 Å². The molecule has 0 saturated heterocycles. The molecule has 0 amide bonds. The van der Waals surface area contributed by atoms with Gasteiger partial charge in [-0.3, -0.25) is 0 Å². The molecule has 17 heavy (non-hydrogen) atoms. The van der Waals surface area contributed by atoms with Crippen molar-refractivity contribution in [1.82, 2.24) is 0 Å². The maximum Gasteiger partial charge on any atom is 0.456 e. The zero-order chi connectivity index (χ0) is 13.3. The highest BCUT2D eigenvalue weighted by Crippen LogP contribution is 2.48. The van der Waals surface area contributed by atoms with Gasteiger partial charge < -0.3 is 5.11 Å². The molecule has 0 spiro atoms. The molecule has 1 aromatic carbocycles. The zero-order valence-corrected chi connectivity index (χ0v) is 8.31. The van der Waals surface area contributed by atoms with Crippen LogP contribution in [0.25, 0.3) is 0 Å². The number of alkyl halides is 6. The van der Waals surface area contributed by atoms with E-state index in [4.69, 9.17) is 0 Å². The van der Waals surface area contributed by atoms with Crippen molar-refractivity contribution in [1.29, 1.82) is 0 Å². The molecule has 0 fully saturated rings. The molecule has 1 unspecified atom stereocenters. The van der Waals surface area contributed by atoms with E-state index in [0.29, 0.717) is 0 Å². The Morgan fingerprint density at radius 3 is 1.76 bits per heavy atom. The van der Waals surface area contributed by atoms with E-state index in [1.165, 1.54) is 6.07 Å². The first-order chi connectivity index (χ1) is 7.67. The lowest BCUT2D eigenvalue weighted by Crippen LogP contribution is -2.56. The van der Waals surface area contributed by atoms with Gasteiger partial charge in [0.25, 0.3) is 0 Å². The lowest BCUT2D eigenvalue weighted by Gasteiger charge is -2.34. The van der Waals surface area contributed by atoms with E-state index in [1.807, 2.05) is 0 Å². The molecule has 1 aromatic rings. The van der Waals surface area contributed by atoms with Crippen molar-refractivity contribution in [3.63, 3.8) is 0 Å². The Morgan fingerprint density at radius 1 is 0.941 bits per heavy atom. The molecule has 7 heteroatoms. The predicted molar refractivity (Wildman–Crippen MR) is 47.3 cm³/mol. The van der Waals surface area contributed by atoms with E-state index in [0.717, 1.165) is 24.3 Å². The topological polar surface area (TPSA) is 20.2 Å². The molecule has 1 N–H and O–H groups in total. The molecule has 0 saturated carbocycles. The molecule has 1 nitrogen and oxygen atoms in total. The summed E-state index contributed by atoms with van der Waals surface area (Å²) in [6, 6.07) is 5.21. The average molecular weight is 258 g/mol. The lowest BCUT2D eigenvalue weighted by atomic mass is 9.88. The SMILES string of the molecule is OC(CF)(c1ccccc1)C(F)(F)C(F)(F)F. The second kappa shape index (κ2) is 4.21. The van der Waals surface area contributed by atoms with Crippen molar-refractivity contribution in [2.75, 3.05) is 6.67 Å². The van der Waals surface area contributed by atoms with E-state index in [9.17, 15) is 31.4 Å². The Morgan fingerprint density at radius 2 is 1.41 bits per heavy atom. The van der Waals surface area contributed by atoms with E-state index >= 15 is 0 Å². The molecule has 96 valence electrons. The van der Waals surface area contributed by atoms with Gasteiger partial charge in [-0.1, -0.05) is 30.3 Å². The third kappa shape index (κ3) is 2.11. The van der Waals surface area contributed by atoms with Gasteiger partial charge in [-0.15, -0.1) is 0 Å². The van der Waals surface area contributed by atoms with E-state index < -0.39 is 29.9 Å². The Labute approximate surface area is 92.7 Å². The Balaban J connectivity index is 3.31. The highest BCUT2D eigenvalue weighted by atomic mass is 19.4. The van der Waals surface area contributed by atoms with Crippen LogP contribution in [0.4, 0.5) is 26.3 Å². The van der Waals surface area contributed by atoms with Crippen LogP contribution in [0.3, 0.4) is 0 Å². The van der Waals surface area contributed by atoms with Gasteiger partial charge in [-0.2, -0.15) is 22.0 Å². The van der Waals surface area contributed by atoms with Crippen LogP contribution in [0, 0.1) is 0 Å². The predicted octanol–water partition coefficient (Wildman–Crippen LogP) is 3.04. The average Bonchev–Trinajstić information content (AvgIpc) is 2.27. The summed E-state index contributed by atoms with van der Waals surface area (Å²) < 4.78 is 75.0. The van der Waals surface area contributed by atoms with Gasteiger partial charge in [0.1, 0.15) is 6.67 Å². The summed E-state index contributed by atoms with van der Waals surface area (Å²) in [5.41, 5.74) is -4.74. The Kier molecular flexibility index (Phi) is 3.42. The normalized spacial score (nSPS) is 16.6. The lowest BCUT2D eigenvalue weighted by molar-refractivity contribution is -0.348. The first-order valence-corrected chi connectivity index (χ1v) is 4.45. The summed E-state index contributed by atoms with van der Waals surface area (Å²) in [5.74, 6) is -5.57. The summed E-state index contributed by atoms with van der Waals surface area (Å²) in [5, 5.41) is 9.31. The van der Waals surface area contributed by atoms with Gasteiger partial charge in [0.15, 0.2) is 5.60 Å². The van der Waals surface area contributed by atoms with Gasteiger partial charge in [0, 0.05) is 0 Å². The van der Waals surface area contributed by atoms with Crippen molar-refractivity contribution in [3.05, 3.63) is 35.9 Å². The number of halogens is 6. The van der Waals surface area contributed by atoms with Gasteiger partial charge in [-0.05, 0) is 5.56 Å². The highest BCUT2D eigenvalue weighted by molar-refractivity contribution is 5.26.